The van der Waals surface area contributed by atoms with Crippen LogP contribution in [0.2, 0.25) is 0 Å². The molecular weight excluding hydrogens is 146 g/mol. The third kappa shape index (κ3) is 2.08. The van der Waals surface area contributed by atoms with Gasteiger partial charge in [0.2, 0.25) is 0 Å². The van der Waals surface area contributed by atoms with Crippen LogP contribution in [-0.4, -0.2) is 13.6 Å². The summed E-state index contributed by atoms with van der Waals surface area (Å²) in [5, 5.41) is 3.16. The van der Waals surface area contributed by atoms with Gasteiger partial charge < -0.3 is 5.32 Å². The van der Waals surface area contributed by atoms with Crippen molar-refractivity contribution in [1.82, 2.24) is 5.32 Å². The third-order valence-electron chi connectivity index (χ3n) is 2.36. The van der Waals surface area contributed by atoms with Crippen LogP contribution in [0.4, 0.5) is 0 Å². The minimum Gasteiger partial charge on any atom is -0.319 e. The van der Waals surface area contributed by atoms with Crippen LogP contribution in [0.3, 0.4) is 0 Å². The summed E-state index contributed by atoms with van der Waals surface area (Å²) in [4.78, 5) is 0. The van der Waals surface area contributed by atoms with Gasteiger partial charge in [0.1, 0.15) is 0 Å². The fraction of sp³-hybridized carbons (Fsp3) is 0.455. The van der Waals surface area contributed by atoms with Gasteiger partial charge in [0.15, 0.2) is 0 Å². The average molecular weight is 163 g/mol. The van der Waals surface area contributed by atoms with E-state index in [-0.39, 0.29) is 0 Å². The van der Waals surface area contributed by atoms with Gasteiger partial charge in [0.05, 0.1) is 0 Å². The summed E-state index contributed by atoms with van der Waals surface area (Å²) < 4.78 is 0. The predicted octanol–water partition coefficient (Wildman–Crippen LogP) is 2.07. The Bertz CT molecular complexity index is 253. The van der Waals surface area contributed by atoms with Crippen molar-refractivity contribution in [3.05, 3.63) is 34.9 Å². The van der Waals surface area contributed by atoms with Crippen LogP contribution < -0.4 is 5.32 Å². The summed E-state index contributed by atoms with van der Waals surface area (Å²) in [6.45, 7) is 5.42. The van der Waals surface area contributed by atoms with E-state index in [1.807, 2.05) is 7.05 Å². The van der Waals surface area contributed by atoms with Gasteiger partial charge in [-0.1, -0.05) is 18.2 Å². The van der Waals surface area contributed by atoms with Crippen molar-refractivity contribution in [3.8, 4) is 0 Å². The van der Waals surface area contributed by atoms with Crippen LogP contribution in [0.1, 0.15) is 16.7 Å². The molecule has 1 nitrogen and oxygen atoms in total. The van der Waals surface area contributed by atoms with Crippen molar-refractivity contribution < 1.29 is 0 Å². The maximum absolute atomic E-state index is 3.16. The van der Waals surface area contributed by atoms with Crippen molar-refractivity contribution in [2.45, 2.75) is 20.3 Å². The summed E-state index contributed by atoms with van der Waals surface area (Å²) in [5.41, 5.74) is 4.29. The molecule has 0 bridgehead atoms. The number of benzene rings is 1. The first-order valence-electron chi connectivity index (χ1n) is 4.45. The van der Waals surface area contributed by atoms with Crippen molar-refractivity contribution >= 4 is 0 Å². The molecule has 0 aliphatic carbocycles. The summed E-state index contributed by atoms with van der Waals surface area (Å²) in [6.07, 6.45) is 1.13. The highest BCUT2D eigenvalue weighted by atomic mass is 14.8. The molecule has 1 heteroatoms. The fourth-order valence-corrected chi connectivity index (χ4v) is 1.34. The largest absolute Gasteiger partial charge is 0.319 e. The number of likely N-dealkylation sites (N-methyl/N-ethyl adjacent to an activating group) is 1. The highest BCUT2D eigenvalue weighted by Crippen LogP contribution is 2.12. The van der Waals surface area contributed by atoms with Crippen LogP contribution in [-0.2, 0) is 6.42 Å². The number of nitrogens with one attached hydrogen (secondary N) is 1. The molecule has 0 radical (unpaired) electrons. The smallest absolute Gasteiger partial charge is 0.00113 e. The molecule has 0 atom stereocenters. The van der Waals surface area contributed by atoms with Crippen LogP contribution >= 0.6 is 0 Å². The van der Waals surface area contributed by atoms with E-state index in [4.69, 9.17) is 0 Å². The standard InChI is InChI=1S/C11H17N/c1-9-5-4-6-11(10(9)2)7-8-12-3/h4-6,12H,7-8H2,1-3H3. The lowest BCUT2D eigenvalue weighted by atomic mass is 10.0. The summed E-state index contributed by atoms with van der Waals surface area (Å²) >= 11 is 0. The molecule has 0 saturated heterocycles. The van der Waals surface area contributed by atoms with Crippen molar-refractivity contribution in [2.24, 2.45) is 0 Å². The first-order valence-corrected chi connectivity index (χ1v) is 4.45. The third-order valence-corrected chi connectivity index (χ3v) is 2.36. The molecular formula is C11H17N. The van der Waals surface area contributed by atoms with E-state index in [1.165, 1.54) is 16.7 Å². The molecule has 66 valence electrons. The second-order valence-electron chi connectivity index (χ2n) is 3.21. The quantitative estimate of drug-likeness (QED) is 0.719. The number of hydrogen-bond acceptors (Lipinski definition) is 1. The van der Waals surface area contributed by atoms with Gasteiger partial charge in [-0.05, 0) is 50.6 Å². The molecule has 1 aromatic rings. The molecule has 0 spiro atoms. The Hall–Kier alpha value is -0.820. The number of rotatable bonds is 3. The SMILES string of the molecule is CNCCc1cccc(C)c1C. The highest BCUT2D eigenvalue weighted by molar-refractivity contribution is 5.33. The van der Waals surface area contributed by atoms with Gasteiger partial charge in [0.25, 0.3) is 0 Å². The van der Waals surface area contributed by atoms with Crippen molar-refractivity contribution in [2.75, 3.05) is 13.6 Å². The molecule has 0 aliphatic heterocycles. The topological polar surface area (TPSA) is 12.0 Å². The van der Waals surface area contributed by atoms with Gasteiger partial charge in [-0.3, -0.25) is 0 Å². The maximum atomic E-state index is 3.16. The van der Waals surface area contributed by atoms with E-state index >= 15 is 0 Å². The van der Waals surface area contributed by atoms with Gasteiger partial charge in [-0.25, -0.2) is 0 Å². The lowest BCUT2D eigenvalue weighted by Crippen LogP contribution is -2.11. The van der Waals surface area contributed by atoms with E-state index in [1.54, 1.807) is 0 Å². The second kappa shape index (κ2) is 4.27. The molecule has 12 heavy (non-hydrogen) atoms. The van der Waals surface area contributed by atoms with E-state index < -0.39 is 0 Å². The zero-order valence-electron chi connectivity index (χ0n) is 8.15. The lowest BCUT2D eigenvalue weighted by molar-refractivity contribution is 0.788. The first kappa shape index (κ1) is 9.27. The van der Waals surface area contributed by atoms with Crippen molar-refractivity contribution in [1.29, 1.82) is 0 Å². The van der Waals surface area contributed by atoms with Gasteiger partial charge in [-0.2, -0.15) is 0 Å². The minimum atomic E-state index is 1.06. The Morgan fingerprint density at radius 2 is 2.00 bits per heavy atom. The molecule has 0 aromatic heterocycles. The molecule has 0 saturated carbocycles. The monoisotopic (exact) mass is 163 g/mol. The van der Waals surface area contributed by atoms with Crippen LogP contribution in [0.15, 0.2) is 18.2 Å². The van der Waals surface area contributed by atoms with E-state index in [0.29, 0.717) is 0 Å². The molecule has 0 fully saturated rings. The van der Waals surface area contributed by atoms with Crippen LogP contribution in [0, 0.1) is 13.8 Å². The van der Waals surface area contributed by atoms with Crippen molar-refractivity contribution in [3.63, 3.8) is 0 Å². The zero-order chi connectivity index (χ0) is 8.97. The Morgan fingerprint density at radius 3 is 2.67 bits per heavy atom. The van der Waals surface area contributed by atoms with Gasteiger partial charge >= 0.3 is 0 Å². The summed E-state index contributed by atoms with van der Waals surface area (Å²) in [6, 6.07) is 6.51. The van der Waals surface area contributed by atoms with E-state index in [9.17, 15) is 0 Å². The first-order chi connectivity index (χ1) is 5.75. The zero-order valence-corrected chi connectivity index (χ0v) is 8.15. The van der Waals surface area contributed by atoms with E-state index in [2.05, 4.69) is 37.4 Å². The maximum Gasteiger partial charge on any atom is -0.00113 e. The fourth-order valence-electron chi connectivity index (χ4n) is 1.34. The molecule has 0 amide bonds. The second-order valence-corrected chi connectivity index (χ2v) is 3.21. The number of aryl methyl sites for hydroxylation is 1. The molecule has 1 aromatic carbocycles. The average Bonchev–Trinajstić information content (AvgIpc) is 2.08. The lowest BCUT2D eigenvalue weighted by Gasteiger charge is -2.07. The molecule has 1 N–H and O–H groups in total. The van der Waals surface area contributed by atoms with Crippen LogP contribution in [0.25, 0.3) is 0 Å². The molecule has 0 aliphatic rings. The van der Waals surface area contributed by atoms with E-state index in [0.717, 1.165) is 13.0 Å². The highest BCUT2D eigenvalue weighted by Gasteiger charge is 1.98. The molecule has 0 heterocycles. The Balaban J connectivity index is 2.78. The summed E-state index contributed by atoms with van der Waals surface area (Å²) in [7, 11) is 1.99. The Morgan fingerprint density at radius 1 is 1.25 bits per heavy atom. The normalized spacial score (nSPS) is 10.2. The van der Waals surface area contributed by atoms with Gasteiger partial charge in [-0.15, -0.1) is 0 Å². The Labute approximate surface area is 74.8 Å². The number of hydrogen-bond donors (Lipinski definition) is 1. The predicted molar refractivity (Wildman–Crippen MR) is 53.5 cm³/mol. The van der Waals surface area contributed by atoms with Gasteiger partial charge in [0, 0.05) is 0 Å². The summed E-state index contributed by atoms with van der Waals surface area (Å²) in [5.74, 6) is 0. The molecule has 0 unspecified atom stereocenters. The molecule has 1 rings (SSSR count). The van der Waals surface area contributed by atoms with Crippen LogP contribution in [0.5, 0.6) is 0 Å². The minimum absolute atomic E-state index is 1.06. The Kier molecular flexibility index (Phi) is 3.30.